The molecule has 92 valence electrons. The van der Waals surface area contributed by atoms with Crippen molar-refractivity contribution in [3.05, 3.63) is 29.8 Å². The molecule has 1 N–H and O–H groups in total. The highest BCUT2D eigenvalue weighted by Crippen LogP contribution is 2.22. The summed E-state index contributed by atoms with van der Waals surface area (Å²) in [5.41, 5.74) is 2.25. The van der Waals surface area contributed by atoms with Crippen LogP contribution in [-0.4, -0.2) is 25.0 Å². The second-order valence-corrected chi connectivity index (χ2v) is 4.71. The number of carbonyl (C=O) groups excluding carboxylic acids is 1. The number of amides is 1. The number of anilines is 1. The van der Waals surface area contributed by atoms with Gasteiger partial charge in [0.2, 0.25) is 5.91 Å². The SMILES string of the molecule is CC(=O)N(c1ccc(C)cc1)C1CCNCC1. The summed E-state index contributed by atoms with van der Waals surface area (Å²) in [6.45, 7) is 5.72. The first-order valence-corrected chi connectivity index (χ1v) is 6.25. The van der Waals surface area contributed by atoms with E-state index in [2.05, 4.69) is 24.4 Å². The van der Waals surface area contributed by atoms with Crippen molar-refractivity contribution in [3.63, 3.8) is 0 Å². The molecule has 1 aromatic carbocycles. The zero-order valence-electron chi connectivity index (χ0n) is 10.6. The third kappa shape index (κ3) is 2.86. The van der Waals surface area contributed by atoms with Crippen molar-refractivity contribution in [2.45, 2.75) is 32.7 Å². The third-order valence-corrected chi connectivity index (χ3v) is 3.33. The smallest absolute Gasteiger partial charge is 0.224 e. The van der Waals surface area contributed by atoms with Crippen LogP contribution in [0.3, 0.4) is 0 Å². The molecule has 1 fully saturated rings. The summed E-state index contributed by atoms with van der Waals surface area (Å²) in [4.78, 5) is 13.8. The molecule has 0 aromatic heterocycles. The van der Waals surface area contributed by atoms with E-state index in [1.54, 1.807) is 6.92 Å². The van der Waals surface area contributed by atoms with Crippen LogP contribution in [0.4, 0.5) is 5.69 Å². The minimum Gasteiger partial charge on any atom is -0.317 e. The number of nitrogens with one attached hydrogen (secondary N) is 1. The van der Waals surface area contributed by atoms with Gasteiger partial charge in [-0.1, -0.05) is 17.7 Å². The number of hydrogen-bond acceptors (Lipinski definition) is 2. The van der Waals surface area contributed by atoms with Gasteiger partial charge in [0.05, 0.1) is 0 Å². The maximum atomic E-state index is 11.8. The van der Waals surface area contributed by atoms with Crippen LogP contribution in [0.2, 0.25) is 0 Å². The summed E-state index contributed by atoms with van der Waals surface area (Å²) in [5, 5.41) is 3.33. The molecule has 17 heavy (non-hydrogen) atoms. The molecule has 1 aromatic rings. The minimum atomic E-state index is 0.140. The first-order chi connectivity index (χ1) is 8.18. The van der Waals surface area contributed by atoms with E-state index in [-0.39, 0.29) is 5.91 Å². The maximum absolute atomic E-state index is 11.8. The van der Waals surface area contributed by atoms with Crippen LogP contribution < -0.4 is 10.2 Å². The standard InChI is InChI=1S/C14H20N2O/c1-11-3-5-13(6-4-11)16(12(2)17)14-7-9-15-10-8-14/h3-6,14-15H,7-10H2,1-2H3. The van der Waals surface area contributed by atoms with Crippen molar-refractivity contribution in [2.75, 3.05) is 18.0 Å². The summed E-state index contributed by atoms with van der Waals surface area (Å²) in [6.07, 6.45) is 2.07. The highest BCUT2D eigenvalue weighted by molar-refractivity contribution is 5.92. The molecule has 1 saturated heterocycles. The van der Waals surface area contributed by atoms with E-state index in [4.69, 9.17) is 0 Å². The highest BCUT2D eigenvalue weighted by Gasteiger charge is 2.24. The summed E-state index contributed by atoms with van der Waals surface area (Å²) >= 11 is 0. The number of piperidine rings is 1. The molecule has 0 aliphatic carbocycles. The van der Waals surface area contributed by atoms with Crippen LogP contribution in [0.25, 0.3) is 0 Å². The molecule has 3 nitrogen and oxygen atoms in total. The van der Waals surface area contributed by atoms with Crippen molar-refractivity contribution < 1.29 is 4.79 Å². The third-order valence-electron chi connectivity index (χ3n) is 3.33. The van der Waals surface area contributed by atoms with Crippen LogP contribution >= 0.6 is 0 Å². The van der Waals surface area contributed by atoms with E-state index in [1.165, 1.54) is 5.56 Å². The van der Waals surface area contributed by atoms with Crippen molar-refractivity contribution >= 4 is 11.6 Å². The molecule has 1 aliphatic rings. The average Bonchev–Trinajstić information content (AvgIpc) is 2.33. The van der Waals surface area contributed by atoms with Gasteiger partial charge in [-0.05, 0) is 45.0 Å². The maximum Gasteiger partial charge on any atom is 0.224 e. The lowest BCUT2D eigenvalue weighted by Crippen LogP contribution is -2.45. The quantitative estimate of drug-likeness (QED) is 0.847. The zero-order chi connectivity index (χ0) is 12.3. The summed E-state index contributed by atoms with van der Waals surface area (Å²) in [6, 6.07) is 8.55. The molecule has 0 atom stereocenters. The molecule has 1 aliphatic heterocycles. The molecule has 2 rings (SSSR count). The van der Waals surface area contributed by atoms with E-state index in [9.17, 15) is 4.79 Å². The Balaban J connectivity index is 2.21. The predicted octanol–water partition coefficient (Wildman–Crippen LogP) is 2.10. The van der Waals surface area contributed by atoms with Gasteiger partial charge < -0.3 is 10.2 Å². The highest BCUT2D eigenvalue weighted by atomic mass is 16.2. The van der Waals surface area contributed by atoms with Gasteiger partial charge in [-0.2, -0.15) is 0 Å². The number of carbonyl (C=O) groups is 1. The number of benzene rings is 1. The van der Waals surface area contributed by atoms with Gasteiger partial charge in [0.25, 0.3) is 0 Å². The molecule has 0 saturated carbocycles. The molecular formula is C14H20N2O. The van der Waals surface area contributed by atoms with Crippen LogP contribution in [0.5, 0.6) is 0 Å². The molecular weight excluding hydrogens is 212 g/mol. The predicted molar refractivity (Wildman–Crippen MR) is 70.2 cm³/mol. The Hall–Kier alpha value is -1.35. The van der Waals surface area contributed by atoms with E-state index in [0.29, 0.717) is 6.04 Å². The lowest BCUT2D eigenvalue weighted by atomic mass is 10.0. The van der Waals surface area contributed by atoms with E-state index in [0.717, 1.165) is 31.6 Å². The Labute approximate surface area is 103 Å². The number of rotatable bonds is 2. The Morgan fingerprint density at radius 2 is 1.82 bits per heavy atom. The van der Waals surface area contributed by atoms with Crippen molar-refractivity contribution in [3.8, 4) is 0 Å². The van der Waals surface area contributed by atoms with Gasteiger partial charge >= 0.3 is 0 Å². The number of aryl methyl sites for hydroxylation is 1. The zero-order valence-corrected chi connectivity index (χ0v) is 10.6. The Kier molecular flexibility index (Phi) is 3.79. The fourth-order valence-electron chi connectivity index (χ4n) is 2.42. The average molecular weight is 232 g/mol. The van der Waals surface area contributed by atoms with Gasteiger partial charge in [0.1, 0.15) is 0 Å². The number of hydrogen-bond donors (Lipinski definition) is 1. The second kappa shape index (κ2) is 5.32. The van der Waals surface area contributed by atoms with E-state index < -0.39 is 0 Å². The van der Waals surface area contributed by atoms with Gasteiger partial charge in [-0.25, -0.2) is 0 Å². The summed E-state index contributed by atoms with van der Waals surface area (Å²) < 4.78 is 0. The van der Waals surface area contributed by atoms with Crippen LogP contribution in [-0.2, 0) is 4.79 Å². The largest absolute Gasteiger partial charge is 0.317 e. The Morgan fingerprint density at radius 3 is 2.35 bits per heavy atom. The number of nitrogens with zero attached hydrogens (tertiary/aromatic N) is 1. The molecule has 1 heterocycles. The Morgan fingerprint density at radius 1 is 1.24 bits per heavy atom. The van der Waals surface area contributed by atoms with Crippen molar-refractivity contribution in [2.24, 2.45) is 0 Å². The van der Waals surface area contributed by atoms with Gasteiger partial charge in [-0.15, -0.1) is 0 Å². The van der Waals surface area contributed by atoms with Crippen molar-refractivity contribution in [1.29, 1.82) is 0 Å². The van der Waals surface area contributed by atoms with E-state index >= 15 is 0 Å². The molecule has 0 bridgehead atoms. The molecule has 0 unspecified atom stereocenters. The van der Waals surface area contributed by atoms with Gasteiger partial charge in [0.15, 0.2) is 0 Å². The first kappa shape index (κ1) is 12.1. The minimum absolute atomic E-state index is 0.140. The fourth-order valence-corrected chi connectivity index (χ4v) is 2.42. The van der Waals surface area contributed by atoms with Gasteiger partial charge in [-0.3, -0.25) is 4.79 Å². The van der Waals surface area contributed by atoms with Crippen LogP contribution in [0, 0.1) is 6.92 Å². The monoisotopic (exact) mass is 232 g/mol. The molecule has 1 amide bonds. The first-order valence-electron chi connectivity index (χ1n) is 6.25. The molecule has 3 heteroatoms. The normalized spacial score (nSPS) is 16.8. The van der Waals surface area contributed by atoms with Crippen molar-refractivity contribution in [1.82, 2.24) is 5.32 Å². The lowest BCUT2D eigenvalue weighted by Gasteiger charge is -2.34. The topological polar surface area (TPSA) is 32.3 Å². The summed E-state index contributed by atoms with van der Waals surface area (Å²) in [7, 11) is 0. The van der Waals surface area contributed by atoms with Crippen LogP contribution in [0.15, 0.2) is 24.3 Å². The summed E-state index contributed by atoms with van der Waals surface area (Å²) in [5.74, 6) is 0.140. The molecule has 0 radical (unpaired) electrons. The van der Waals surface area contributed by atoms with E-state index in [1.807, 2.05) is 17.0 Å². The van der Waals surface area contributed by atoms with Gasteiger partial charge in [0, 0.05) is 18.7 Å². The second-order valence-electron chi connectivity index (χ2n) is 4.71. The fraction of sp³-hybridized carbons (Fsp3) is 0.500. The Bertz CT molecular complexity index is 380. The molecule has 0 spiro atoms. The lowest BCUT2D eigenvalue weighted by molar-refractivity contribution is -0.117. The van der Waals surface area contributed by atoms with Crippen LogP contribution in [0.1, 0.15) is 25.3 Å².